The lowest BCUT2D eigenvalue weighted by Gasteiger charge is -2.11. The maximum absolute atomic E-state index is 4.94. The van der Waals surface area contributed by atoms with Crippen molar-refractivity contribution >= 4 is 12.8 Å². The Balaban J connectivity index is 3.00. The summed E-state index contributed by atoms with van der Waals surface area (Å²) < 4.78 is 11.4. The molecule has 0 aromatic heterocycles. The first-order chi connectivity index (χ1) is 4.81. The Labute approximate surface area is 67.8 Å². The Kier molecular flexibility index (Phi) is 7.51. The van der Waals surface area contributed by atoms with Crippen molar-refractivity contribution in [3.63, 3.8) is 0 Å². The van der Waals surface area contributed by atoms with Crippen LogP contribution in [0.1, 0.15) is 0 Å². The van der Waals surface area contributed by atoms with Crippen LogP contribution in [0.15, 0.2) is 0 Å². The van der Waals surface area contributed by atoms with E-state index >= 15 is 0 Å². The fourth-order valence-corrected chi connectivity index (χ4v) is 0.647. The number of methoxy groups -OCH3 is 2. The first-order valence-electron chi connectivity index (χ1n) is 3.21. The largest absolute Gasteiger partial charge is 0.383 e. The average Bonchev–Trinajstić information content (AvgIpc) is 1.97. The van der Waals surface area contributed by atoms with Crippen LogP contribution >= 0.6 is 12.8 Å². The minimum atomic E-state index is 0.688. The molecular weight excluding hydrogens is 150 g/mol. The molecule has 0 saturated heterocycles. The second kappa shape index (κ2) is 7.34. The molecular formula is C6H14NO2S. The van der Waals surface area contributed by atoms with Gasteiger partial charge in [-0.3, -0.25) is 0 Å². The zero-order valence-electron chi connectivity index (χ0n) is 6.50. The van der Waals surface area contributed by atoms with Gasteiger partial charge in [-0.25, -0.2) is 4.31 Å². The van der Waals surface area contributed by atoms with E-state index in [2.05, 4.69) is 0 Å². The third kappa shape index (κ3) is 6.35. The molecule has 10 heavy (non-hydrogen) atoms. The molecule has 61 valence electrons. The molecule has 0 bridgehead atoms. The van der Waals surface area contributed by atoms with Crippen molar-refractivity contribution in [3.8, 4) is 0 Å². The highest BCUT2D eigenvalue weighted by Crippen LogP contribution is 1.91. The zero-order valence-corrected chi connectivity index (χ0v) is 7.32. The zero-order chi connectivity index (χ0) is 7.82. The Morgan fingerprint density at radius 1 is 1.10 bits per heavy atom. The molecule has 4 heteroatoms. The quantitative estimate of drug-likeness (QED) is 0.576. The molecule has 0 spiro atoms. The predicted octanol–water partition coefficient (Wildman–Crippen LogP) is 0.694. The molecule has 1 radical (unpaired) electrons. The van der Waals surface area contributed by atoms with E-state index in [1.165, 1.54) is 0 Å². The van der Waals surface area contributed by atoms with Gasteiger partial charge >= 0.3 is 0 Å². The van der Waals surface area contributed by atoms with E-state index in [0.717, 1.165) is 13.1 Å². The van der Waals surface area contributed by atoms with E-state index in [0.29, 0.717) is 13.2 Å². The normalized spacial score (nSPS) is 10.8. The van der Waals surface area contributed by atoms with Crippen molar-refractivity contribution in [3.05, 3.63) is 0 Å². The van der Waals surface area contributed by atoms with Crippen molar-refractivity contribution in [1.29, 1.82) is 0 Å². The molecule has 0 aliphatic rings. The van der Waals surface area contributed by atoms with Crippen molar-refractivity contribution in [2.45, 2.75) is 0 Å². The van der Waals surface area contributed by atoms with Crippen LogP contribution in [-0.2, 0) is 9.47 Å². The van der Waals surface area contributed by atoms with Gasteiger partial charge in [-0.15, -0.1) is 0 Å². The van der Waals surface area contributed by atoms with Crippen LogP contribution in [0.3, 0.4) is 0 Å². The van der Waals surface area contributed by atoms with Crippen LogP contribution in [0.5, 0.6) is 0 Å². The summed E-state index contributed by atoms with van der Waals surface area (Å²) in [5.41, 5.74) is 0. The fraction of sp³-hybridized carbons (Fsp3) is 1.00. The average molecular weight is 164 g/mol. The third-order valence-electron chi connectivity index (χ3n) is 1.09. The Bertz CT molecular complexity index is 64.8. The molecule has 0 aromatic rings. The van der Waals surface area contributed by atoms with Crippen LogP contribution < -0.4 is 0 Å². The third-order valence-corrected chi connectivity index (χ3v) is 1.45. The number of hydrogen-bond acceptors (Lipinski definition) is 3. The van der Waals surface area contributed by atoms with Crippen molar-refractivity contribution in [2.24, 2.45) is 0 Å². The molecule has 0 atom stereocenters. The second-order valence-corrected chi connectivity index (χ2v) is 2.43. The van der Waals surface area contributed by atoms with Crippen LogP contribution in [-0.4, -0.2) is 44.8 Å². The summed E-state index contributed by atoms with van der Waals surface area (Å²) in [6, 6.07) is 0. The molecule has 0 aliphatic heterocycles. The van der Waals surface area contributed by atoms with E-state index in [9.17, 15) is 0 Å². The summed E-state index contributed by atoms with van der Waals surface area (Å²) >= 11 is 4.94. The van der Waals surface area contributed by atoms with Crippen molar-refractivity contribution < 1.29 is 9.47 Å². The number of hydrogen-bond donors (Lipinski definition) is 0. The first-order valence-corrected chi connectivity index (χ1v) is 3.57. The topological polar surface area (TPSA) is 21.7 Å². The Morgan fingerprint density at radius 2 is 1.50 bits per heavy atom. The Morgan fingerprint density at radius 3 is 1.80 bits per heavy atom. The van der Waals surface area contributed by atoms with E-state index < -0.39 is 0 Å². The summed E-state index contributed by atoms with van der Waals surface area (Å²) in [6.07, 6.45) is 0. The fourth-order valence-electron chi connectivity index (χ4n) is 0.498. The summed E-state index contributed by atoms with van der Waals surface area (Å²) in [6.45, 7) is 2.95. The Hall–Kier alpha value is 0.230. The standard InChI is InChI=1S/C6H14NO2S/c1-8-5-3-7(10)4-6-9-2/h3-6H2,1-2H3. The molecule has 0 unspecified atom stereocenters. The summed E-state index contributed by atoms with van der Waals surface area (Å²) in [5, 5.41) is 0. The highest BCUT2D eigenvalue weighted by molar-refractivity contribution is 7.77. The molecule has 0 heterocycles. The van der Waals surface area contributed by atoms with Crippen LogP contribution in [0, 0.1) is 0 Å². The van der Waals surface area contributed by atoms with Gasteiger partial charge in [0.05, 0.1) is 13.2 Å². The van der Waals surface area contributed by atoms with Gasteiger partial charge in [-0.05, 0) is 0 Å². The maximum atomic E-state index is 4.94. The molecule has 0 fully saturated rings. The summed E-state index contributed by atoms with van der Waals surface area (Å²) in [7, 11) is 3.33. The van der Waals surface area contributed by atoms with Gasteiger partial charge in [0, 0.05) is 40.1 Å². The van der Waals surface area contributed by atoms with Crippen LogP contribution in [0.4, 0.5) is 0 Å². The van der Waals surface area contributed by atoms with Gasteiger partial charge in [-0.1, -0.05) is 0 Å². The van der Waals surface area contributed by atoms with Crippen molar-refractivity contribution in [2.75, 3.05) is 40.5 Å². The van der Waals surface area contributed by atoms with E-state index in [1.54, 1.807) is 18.5 Å². The van der Waals surface area contributed by atoms with Crippen LogP contribution in [0.25, 0.3) is 0 Å². The molecule has 0 aliphatic carbocycles. The van der Waals surface area contributed by atoms with Gasteiger partial charge in [0.1, 0.15) is 0 Å². The minimum Gasteiger partial charge on any atom is -0.383 e. The predicted molar refractivity (Wildman–Crippen MR) is 42.9 cm³/mol. The molecule has 3 nitrogen and oxygen atoms in total. The number of ether oxygens (including phenoxy) is 2. The van der Waals surface area contributed by atoms with E-state index in [1.807, 2.05) is 0 Å². The van der Waals surface area contributed by atoms with Crippen LogP contribution in [0.2, 0.25) is 0 Å². The summed E-state index contributed by atoms with van der Waals surface area (Å²) in [5.74, 6) is 0. The van der Waals surface area contributed by atoms with Gasteiger partial charge < -0.3 is 9.47 Å². The SMILES string of the molecule is COCCN([S])CCOC. The lowest BCUT2D eigenvalue weighted by molar-refractivity contribution is 0.155. The van der Waals surface area contributed by atoms with Gasteiger partial charge in [0.25, 0.3) is 0 Å². The van der Waals surface area contributed by atoms with E-state index in [4.69, 9.17) is 22.3 Å². The lowest BCUT2D eigenvalue weighted by atomic mass is 10.6. The molecule has 0 saturated carbocycles. The molecule has 0 rings (SSSR count). The molecule has 0 amide bonds. The van der Waals surface area contributed by atoms with E-state index in [-0.39, 0.29) is 0 Å². The highest BCUT2D eigenvalue weighted by Gasteiger charge is 1.97. The minimum absolute atomic E-state index is 0.688. The number of nitrogens with zero attached hydrogens (tertiary/aromatic N) is 1. The van der Waals surface area contributed by atoms with Gasteiger partial charge in [0.2, 0.25) is 0 Å². The van der Waals surface area contributed by atoms with Gasteiger partial charge in [-0.2, -0.15) is 0 Å². The second-order valence-electron chi connectivity index (χ2n) is 1.91. The number of rotatable bonds is 6. The first kappa shape index (κ1) is 10.2. The highest BCUT2D eigenvalue weighted by atomic mass is 32.1. The van der Waals surface area contributed by atoms with Gasteiger partial charge in [0.15, 0.2) is 0 Å². The molecule has 0 N–H and O–H groups in total. The molecule has 0 aromatic carbocycles. The smallest absolute Gasteiger partial charge is 0.0599 e. The lowest BCUT2D eigenvalue weighted by Crippen LogP contribution is -2.21. The summed E-state index contributed by atoms with van der Waals surface area (Å²) in [4.78, 5) is 0. The maximum Gasteiger partial charge on any atom is 0.0599 e. The van der Waals surface area contributed by atoms with Crippen molar-refractivity contribution in [1.82, 2.24) is 4.31 Å². The monoisotopic (exact) mass is 164 g/mol.